The lowest BCUT2D eigenvalue weighted by molar-refractivity contribution is 0.101. The average molecular weight is 287 g/mol. The van der Waals surface area contributed by atoms with Crippen molar-refractivity contribution in [2.45, 2.75) is 11.8 Å². The number of nitrogen functional groups attached to an aromatic ring is 1. The average Bonchev–Trinajstić information content (AvgIpc) is 2.27. The molecule has 8 heteroatoms. The van der Waals surface area contributed by atoms with Crippen LogP contribution in [0.15, 0.2) is 27.5 Å². The molecule has 0 atom stereocenters. The van der Waals surface area contributed by atoms with Gasteiger partial charge in [-0.15, -0.1) is 4.40 Å². The number of carbonyl (C=O) groups excluding carboxylic acids is 1. The minimum absolute atomic E-state index is 0.0275. The Balaban J connectivity index is 3.31. The quantitative estimate of drug-likeness (QED) is 0.368. The molecule has 4 N–H and O–H groups in total. The number of sulfonamides is 1. The van der Waals surface area contributed by atoms with Gasteiger partial charge in [-0.25, -0.2) is 0 Å². The molecule has 0 aliphatic carbocycles. The van der Waals surface area contributed by atoms with Crippen LogP contribution in [0, 0.1) is 0 Å². The summed E-state index contributed by atoms with van der Waals surface area (Å²) in [7, 11) is -3.94. The third-order valence-electron chi connectivity index (χ3n) is 2.11. The van der Waals surface area contributed by atoms with Gasteiger partial charge in [0, 0.05) is 5.56 Å². The highest BCUT2D eigenvalue weighted by atomic mass is 32.2. The molecule has 0 aliphatic heterocycles. The predicted molar refractivity (Wildman–Crippen MR) is 73.2 cm³/mol. The molecule has 1 rings (SSSR count). The van der Waals surface area contributed by atoms with Crippen molar-refractivity contribution >= 4 is 38.4 Å². The minimum atomic E-state index is -3.94. The first-order valence-electron chi connectivity index (χ1n) is 4.83. The highest BCUT2D eigenvalue weighted by Gasteiger charge is 2.18. The van der Waals surface area contributed by atoms with Gasteiger partial charge in [0.2, 0.25) is 0 Å². The number of hydrogen-bond donors (Lipinski definition) is 2. The molecule has 0 amide bonds. The Bertz CT molecular complexity index is 609. The van der Waals surface area contributed by atoms with Gasteiger partial charge in [-0.1, -0.05) is 11.8 Å². The van der Waals surface area contributed by atoms with Crippen LogP contribution >= 0.6 is 11.8 Å². The lowest BCUT2D eigenvalue weighted by Gasteiger charge is -2.05. The number of thioether (sulfide) groups is 1. The topological polar surface area (TPSA) is 116 Å². The van der Waals surface area contributed by atoms with Gasteiger partial charge < -0.3 is 11.5 Å². The van der Waals surface area contributed by atoms with Crippen LogP contribution in [-0.2, 0) is 10.0 Å². The van der Waals surface area contributed by atoms with Crippen molar-refractivity contribution in [3.8, 4) is 0 Å². The van der Waals surface area contributed by atoms with Crippen LogP contribution in [0.2, 0.25) is 0 Å². The highest BCUT2D eigenvalue weighted by Crippen LogP contribution is 2.22. The lowest BCUT2D eigenvalue weighted by Crippen LogP contribution is -2.11. The standard InChI is InChI=1S/C10H13N3O3S2/c1-6(14)7-3-4-9(8(11)5-7)18(15,16)13-10(12)17-2/h3-5H,11H2,1-2H3,(H2,12,13). The van der Waals surface area contributed by atoms with Crippen LogP contribution in [0.4, 0.5) is 5.69 Å². The molecular formula is C10H13N3O3S2. The van der Waals surface area contributed by atoms with Gasteiger partial charge in [0.05, 0.1) is 5.69 Å². The molecule has 0 aromatic heterocycles. The third-order valence-corrected chi connectivity index (χ3v) is 4.10. The van der Waals surface area contributed by atoms with Crippen LogP contribution < -0.4 is 11.5 Å². The second-order valence-corrected chi connectivity index (χ2v) is 5.82. The Morgan fingerprint density at radius 2 is 2.00 bits per heavy atom. The summed E-state index contributed by atoms with van der Waals surface area (Å²) in [5.41, 5.74) is 11.3. The van der Waals surface area contributed by atoms with Gasteiger partial charge in [-0.3, -0.25) is 4.79 Å². The van der Waals surface area contributed by atoms with Gasteiger partial charge >= 0.3 is 0 Å². The number of benzene rings is 1. The Morgan fingerprint density at radius 1 is 1.39 bits per heavy atom. The summed E-state index contributed by atoms with van der Waals surface area (Å²) < 4.78 is 27.1. The van der Waals surface area contributed by atoms with E-state index in [1.165, 1.54) is 25.1 Å². The van der Waals surface area contributed by atoms with Gasteiger partial charge in [0.25, 0.3) is 10.0 Å². The summed E-state index contributed by atoms with van der Waals surface area (Å²) in [5.74, 6) is -0.197. The normalized spacial score (nSPS) is 12.4. The smallest absolute Gasteiger partial charge is 0.286 e. The van der Waals surface area contributed by atoms with E-state index in [0.717, 1.165) is 11.8 Å². The predicted octanol–water partition coefficient (Wildman–Crippen LogP) is 0.838. The molecule has 0 radical (unpaired) electrons. The number of anilines is 1. The molecule has 0 spiro atoms. The first-order valence-corrected chi connectivity index (χ1v) is 7.49. The molecule has 0 aliphatic rings. The number of rotatable bonds is 3. The number of nitrogens with two attached hydrogens (primary N) is 2. The van der Waals surface area contributed by atoms with Crippen LogP contribution in [0.5, 0.6) is 0 Å². The Hall–Kier alpha value is -1.54. The molecular weight excluding hydrogens is 274 g/mol. The zero-order valence-electron chi connectivity index (χ0n) is 9.88. The summed E-state index contributed by atoms with van der Waals surface area (Å²) in [6.45, 7) is 1.37. The fourth-order valence-corrected chi connectivity index (χ4v) is 2.73. The Labute approximate surface area is 110 Å². The monoisotopic (exact) mass is 287 g/mol. The third kappa shape index (κ3) is 3.23. The van der Waals surface area contributed by atoms with E-state index in [1.807, 2.05) is 0 Å². The van der Waals surface area contributed by atoms with Crippen LogP contribution in [0.1, 0.15) is 17.3 Å². The van der Waals surface area contributed by atoms with Gasteiger partial charge in [-0.2, -0.15) is 8.42 Å². The molecule has 6 nitrogen and oxygen atoms in total. The summed E-state index contributed by atoms with van der Waals surface area (Å²) in [6.07, 6.45) is 1.61. The van der Waals surface area contributed by atoms with Crippen molar-refractivity contribution in [1.29, 1.82) is 0 Å². The van der Waals surface area contributed by atoms with E-state index >= 15 is 0 Å². The fourth-order valence-electron chi connectivity index (χ4n) is 1.21. The zero-order valence-corrected chi connectivity index (χ0v) is 11.5. The summed E-state index contributed by atoms with van der Waals surface area (Å²) in [6, 6.07) is 3.94. The summed E-state index contributed by atoms with van der Waals surface area (Å²) >= 11 is 1.01. The van der Waals surface area contributed by atoms with Crippen molar-refractivity contribution in [2.75, 3.05) is 12.0 Å². The van der Waals surface area contributed by atoms with E-state index in [-0.39, 0.29) is 21.5 Å². The highest BCUT2D eigenvalue weighted by molar-refractivity contribution is 8.13. The number of carbonyl (C=O) groups is 1. The van der Waals surface area contributed by atoms with E-state index in [9.17, 15) is 13.2 Å². The second kappa shape index (κ2) is 5.40. The molecule has 0 unspecified atom stereocenters. The number of ketones is 1. The SMILES string of the molecule is CSC(N)=NS(=O)(=O)c1ccc(C(C)=O)cc1N. The number of hydrogen-bond acceptors (Lipinski definition) is 5. The molecule has 0 bridgehead atoms. The van der Waals surface area contributed by atoms with Gasteiger partial charge in [0.1, 0.15) is 4.90 Å². The molecule has 0 saturated heterocycles. The van der Waals surface area contributed by atoms with Crippen molar-refractivity contribution in [3.05, 3.63) is 23.8 Å². The first-order chi connectivity index (χ1) is 8.27. The van der Waals surface area contributed by atoms with E-state index in [4.69, 9.17) is 11.5 Å². The molecule has 1 aromatic carbocycles. The maximum atomic E-state index is 11.9. The summed E-state index contributed by atoms with van der Waals surface area (Å²) in [5, 5.41) is -0.0787. The molecule has 0 heterocycles. The number of Topliss-reactive ketones (excluding diaryl/α,β-unsaturated/α-hetero) is 1. The van der Waals surface area contributed by atoms with Crippen molar-refractivity contribution in [1.82, 2.24) is 0 Å². The number of nitrogens with zero attached hydrogens (tertiary/aromatic N) is 1. The molecule has 0 fully saturated rings. The first kappa shape index (κ1) is 14.5. The zero-order chi connectivity index (χ0) is 13.9. The van der Waals surface area contributed by atoms with Gasteiger partial charge in [-0.05, 0) is 31.4 Å². The van der Waals surface area contributed by atoms with Gasteiger partial charge in [0.15, 0.2) is 11.0 Å². The van der Waals surface area contributed by atoms with E-state index < -0.39 is 10.0 Å². The Kier molecular flexibility index (Phi) is 4.36. The van der Waals surface area contributed by atoms with Crippen molar-refractivity contribution in [2.24, 2.45) is 10.1 Å². The van der Waals surface area contributed by atoms with E-state index in [1.54, 1.807) is 6.26 Å². The van der Waals surface area contributed by atoms with E-state index in [0.29, 0.717) is 5.56 Å². The molecule has 1 aromatic rings. The maximum absolute atomic E-state index is 11.9. The Morgan fingerprint density at radius 3 is 2.44 bits per heavy atom. The van der Waals surface area contributed by atoms with E-state index in [2.05, 4.69) is 4.40 Å². The molecule has 98 valence electrons. The minimum Gasteiger partial charge on any atom is -0.398 e. The van der Waals surface area contributed by atoms with Crippen LogP contribution in [-0.4, -0.2) is 25.6 Å². The molecule has 18 heavy (non-hydrogen) atoms. The molecule has 0 saturated carbocycles. The second-order valence-electron chi connectivity index (χ2n) is 3.42. The fraction of sp³-hybridized carbons (Fsp3) is 0.200. The lowest BCUT2D eigenvalue weighted by atomic mass is 10.1. The van der Waals surface area contributed by atoms with Crippen LogP contribution in [0.25, 0.3) is 0 Å². The maximum Gasteiger partial charge on any atom is 0.286 e. The number of amidine groups is 1. The van der Waals surface area contributed by atoms with Crippen molar-refractivity contribution in [3.63, 3.8) is 0 Å². The van der Waals surface area contributed by atoms with Crippen LogP contribution in [0.3, 0.4) is 0 Å². The summed E-state index contributed by atoms with van der Waals surface area (Å²) in [4.78, 5) is 11.0. The van der Waals surface area contributed by atoms with Crippen molar-refractivity contribution < 1.29 is 13.2 Å². The largest absolute Gasteiger partial charge is 0.398 e.